The number of halogens is 1. The second-order valence-corrected chi connectivity index (χ2v) is 7.21. The summed E-state index contributed by atoms with van der Waals surface area (Å²) in [4.78, 5) is 8.99. The van der Waals surface area contributed by atoms with Crippen LogP contribution in [0.15, 0.2) is 79.7 Å². The molecule has 2 nitrogen and oxygen atoms in total. The number of alkyl halides is 1. The lowest BCUT2D eigenvalue weighted by atomic mass is 10.0. The predicted octanol–water partition coefficient (Wildman–Crippen LogP) is 7.08. The highest BCUT2D eigenvalue weighted by Crippen LogP contribution is 2.24. The second kappa shape index (κ2) is 10.5. The summed E-state index contributed by atoms with van der Waals surface area (Å²) in [6.45, 7) is 5.38. The van der Waals surface area contributed by atoms with Gasteiger partial charge in [0.2, 0.25) is 0 Å². The first kappa shape index (κ1) is 20.7. The van der Waals surface area contributed by atoms with E-state index in [9.17, 15) is 4.39 Å². The maximum absolute atomic E-state index is 12.8. The topological polar surface area (TPSA) is 25.8 Å². The van der Waals surface area contributed by atoms with Crippen molar-refractivity contribution < 1.29 is 4.39 Å². The fraction of sp³-hybridized carbons (Fsp3) is 0.231. The molecule has 1 heterocycles. The molecule has 0 fully saturated rings. The molecule has 0 aliphatic rings. The summed E-state index contributed by atoms with van der Waals surface area (Å²) in [5.74, 6) is 0. The van der Waals surface area contributed by atoms with E-state index in [1.165, 1.54) is 16.7 Å². The molecule has 3 rings (SSSR count). The number of aromatic nitrogens is 2. The Kier molecular flexibility index (Phi) is 7.46. The zero-order valence-corrected chi connectivity index (χ0v) is 16.9. The third-order valence-electron chi connectivity index (χ3n) is 4.78. The number of benzene rings is 2. The van der Waals surface area contributed by atoms with E-state index in [-0.39, 0.29) is 0 Å². The minimum absolute atomic E-state index is 0.601. The number of hydrogen-bond acceptors (Lipinski definition) is 2. The lowest BCUT2D eigenvalue weighted by molar-refractivity contribution is 0.335. The third-order valence-corrected chi connectivity index (χ3v) is 4.78. The predicted molar refractivity (Wildman–Crippen MR) is 120 cm³/mol. The quantitative estimate of drug-likeness (QED) is 0.290. The van der Waals surface area contributed by atoms with Gasteiger partial charge in [0.25, 0.3) is 0 Å². The zero-order chi connectivity index (χ0) is 20.5. The molecule has 29 heavy (non-hydrogen) atoms. The van der Waals surface area contributed by atoms with Crippen LogP contribution in [-0.4, -0.2) is 16.1 Å². The van der Waals surface area contributed by atoms with Gasteiger partial charge in [0.1, 0.15) is 0 Å². The summed E-state index contributed by atoms with van der Waals surface area (Å²) in [7, 11) is 0. The lowest BCUT2D eigenvalue weighted by Gasteiger charge is -2.06. The van der Waals surface area contributed by atoms with E-state index in [0.717, 1.165) is 36.2 Å². The van der Waals surface area contributed by atoms with E-state index in [4.69, 9.17) is 0 Å². The largest absolute Gasteiger partial charge is 0.253 e. The van der Waals surface area contributed by atoms with E-state index < -0.39 is 6.17 Å². The first-order valence-electron chi connectivity index (χ1n) is 10.1. The molecule has 0 spiro atoms. The molecule has 0 saturated heterocycles. The van der Waals surface area contributed by atoms with Gasteiger partial charge in [-0.1, -0.05) is 60.7 Å². The van der Waals surface area contributed by atoms with Gasteiger partial charge in [0.05, 0.1) is 30.0 Å². The molecule has 0 radical (unpaired) electrons. The smallest absolute Gasteiger partial charge is 0.0973 e. The van der Waals surface area contributed by atoms with Crippen LogP contribution in [0.5, 0.6) is 0 Å². The highest BCUT2D eigenvalue weighted by Gasteiger charge is 2.03. The van der Waals surface area contributed by atoms with E-state index in [1.54, 1.807) is 19.3 Å². The first-order valence-corrected chi connectivity index (χ1v) is 10.1. The Hall–Kier alpha value is -3.07. The maximum Gasteiger partial charge on any atom is 0.0973 e. The van der Waals surface area contributed by atoms with Crippen LogP contribution in [0.2, 0.25) is 0 Å². The van der Waals surface area contributed by atoms with E-state index >= 15 is 0 Å². The van der Waals surface area contributed by atoms with Gasteiger partial charge in [-0.2, -0.15) is 0 Å². The number of nitrogens with zero attached hydrogens (tertiary/aromatic N) is 2. The van der Waals surface area contributed by atoms with Crippen LogP contribution in [0, 0.1) is 0 Å². The number of hydrogen-bond donors (Lipinski definition) is 0. The Morgan fingerprint density at radius 3 is 2.17 bits per heavy atom. The van der Waals surface area contributed by atoms with Crippen LogP contribution in [0.4, 0.5) is 4.39 Å². The van der Waals surface area contributed by atoms with Crippen molar-refractivity contribution in [3.8, 4) is 22.4 Å². The van der Waals surface area contributed by atoms with Crippen molar-refractivity contribution in [2.45, 2.75) is 38.8 Å². The molecular formula is C26H27FN2. The van der Waals surface area contributed by atoms with Gasteiger partial charge in [-0.15, -0.1) is 6.58 Å². The standard InChI is InChI=1S/C26H27FN2/c1-3-7-21-10-12-22(13-11-21)23-14-16-24(17-15-23)26-19-28-25(18-29-26)9-6-4-5-8-20(2)27/h3,6,9-20H,1,4-5,7-8H2,2H3. The molecule has 1 unspecified atom stereocenters. The fourth-order valence-corrected chi connectivity index (χ4v) is 3.13. The SMILES string of the molecule is C=CCc1ccc(-c2ccc(-c3cnc(C=CCCCC(C)F)cn3)cc2)cc1. The molecule has 2 aromatic carbocycles. The van der Waals surface area contributed by atoms with Gasteiger partial charge in [-0.25, -0.2) is 4.39 Å². The van der Waals surface area contributed by atoms with Crippen molar-refractivity contribution in [3.05, 3.63) is 90.9 Å². The molecule has 1 aromatic heterocycles. The van der Waals surface area contributed by atoms with Crippen molar-refractivity contribution in [1.29, 1.82) is 0 Å². The molecule has 3 aromatic rings. The maximum atomic E-state index is 12.8. The number of rotatable bonds is 9. The van der Waals surface area contributed by atoms with Gasteiger partial charge in [0, 0.05) is 5.56 Å². The van der Waals surface area contributed by atoms with Crippen LogP contribution in [0.3, 0.4) is 0 Å². The minimum Gasteiger partial charge on any atom is -0.253 e. The summed E-state index contributed by atoms with van der Waals surface area (Å²) in [6, 6.07) is 16.9. The van der Waals surface area contributed by atoms with E-state index in [0.29, 0.717) is 6.42 Å². The lowest BCUT2D eigenvalue weighted by Crippen LogP contribution is -1.90. The van der Waals surface area contributed by atoms with Crippen LogP contribution >= 0.6 is 0 Å². The Morgan fingerprint density at radius 2 is 1.59 bits per heavy atom. The van der Waals surface area contributed by atoms with Crippen molar-refractivity contribution in [1.82, 2.24) is 9.97 Å². The van der Waals surface area contributed by atoms with Gasteiger partial charge in [0.15, 0.2) is 0 Å². The zero-order valence-electron chi connectivity index (χ0n) is 16.9. The van der Waals surface area contributed by atoms with Crippen LogP contribution in [0.25, 0.3) is 28.5 Å². The molecule has 1 atom stereocenters. The van der Waals surface area contributed by atoms with Crippen molar-refractivity contribution in [3.63, 3.8) is 0 Å². The Labute approximate surface area is 172 Å². The van der Waals surface area contributed by atoms with E-state index in [2.05, 4.69) is 65.1 Å². The molecule has 3 heteroatoms. The Morgan fingerprint density at radius 1 is 0.931 bits per heavy atom. The van der Waals surface area contributed by atoms with Crippen LogP contribution in [0.1, 0.15) is 37.4 Å². The third kappa shape index (κ3) is 6.21. The molecular weight excluding hydrogens is 359 g/mol. The van der Waals surface area contributed by atoms with Gasteiger partial charge in [-0.3, -0.25) is 9.97 Å². The average Bonchev–Trinajstić information content (AvgIpc) is 2.75. The first-order chi connectivity index (χ1) is 14.2. The second-order valence-electron chi connectivity index (χ2n) is 7.21. The average molecular weight is 387 g/mol. The van der Waals surface area contributed by atoms with Gasteiger partial charge >= 0.3 is 0 Å². The summed E-state index contributed by atoms with van der Waals surface area (Å²) in [6.07, 6.45) is 11.9. The minimum atomic E-state index is -0.731. The number of unbranched alkanes of at least 4 members (excludes halogenated alkanes) is 1. The normalized spacial score (nSPS) is 12.2. The van der Waals surface area contributed by atoms with E-state index in [1.807, 2.05) is 18.2 Å². The van der Waals surface area contributed by atoms with Crippen molar-refractivity contribution >= 4 is 6.08 Å². The summed E-state index contributed by atoms with van der Waals surface area (Å²) < 4.78 is 12.8. The molecule has 0 saturated carbocycles. The summed E-state index contributed by atoms with van der Waals surface area (Å²) in [5.41, 5.74) is 6.34. The molecule has 0 aliphatic heterocycles. The Bertz CT molecular complexity index is 924. The monoisotopic (exact) mass is 386 g/mol. The highest BCUT2D eigenvalue weighted by molar-refractivity contribution is 5.68. The van der Waals surface area contributed by atoms with Crippen molar-refractivity contribution in [2.75, 3.05) is 0 Å². The number of allylic oxidation sites excluding steroid dienone is 2. The molecule has 0 bridgehead atoms. The van der Waals surface area contributed by atoms with Crippen LogP contribution in [-0.2, 0) is 6.42 Å². The summed E-state index contributed by atoms with van der Waals surface area (Å²) in [5, 5.41) is 0. The molecule has 0 amide bonds. The fourth-order valence-electron chi connectivity index (χ4n) is 3.13. The van der Waals surface area contributed by atoms with Gasteiger partial charge < -0.3 is 0 Å². The summed E-state index contributed by atoms with van der Waals surface area (Å²) >= 11 is 0. The molecule has 0 aliphatic carbocycles. The van der Waals surface area contributed by atoms with Crippen LogP contribution < -0.4 is 0 Å². The molecule has 148 valence electrons. The Balaban J connectivity index is 1.62. The van der Waals surface area contributed by atoms with Crippen molar-refractivity contribution in [2.24, 2.45) is 0 Å². The van der Waals surface area contributed by atoms with Gasteiger partial charge in [-0.05, 0) is 55.4 Å². The molecule has 0 N–H and O–H groups in total. The highest BCUT2D eigenvalue weighted by atomic mass is 19.1.